The van der Waals surface area contributed by atoms with E-state index in [2.05, 4.69) is 52.9 Å². The number of amides is 1. The van der Waals surface area contributed by atoms with Gasteiger partial charge in [-0.1, -0.05) is 47.3 Å². The highest BCUT2D eigenvalue weighted by Gasteiger charge is 2.35. The molecule has 0 spiro atoms. The second kappa shape index (κ2) is 10.8. The zero-order valence-corrected chi connectivity index (χ0v) is 22.4. The highest BCUT2D eigenvalue weighted by molar-refractivity contribution is 9.10. The summed E-state index contributed by atoms with van der Waals surface area (Å²) in [7, 11) is -3.76. The molecule has 34 heavy (non-hydrogen) atoms. The van der Waals surface area contributed by atoms with Crippen LogP contribution in [0.25, 0.3) is 0 Å². The largest absolute Gasteiger partial charge is 0.368 e. The van der Waals surface area contributed by atoms with Gasteiger partial charge in [0.2, 0.25) is 15.9 Å². The number of aryl methyl sites for hydroxylation is 1. The number of rotatable bonds is 6. The van der Waals surface area contributed by atoms with Crippen LogP contribution in [-0.4, -0.2) is 62.3 Å². The van der Waals surface area contributed by atoms with Crippen molar-refractivity contribution in [2.45, 2.75) is 56.9 Å². The smallest absolute Gasteiger partial charge is 0.243 e. The number of anilines is 1. The lowest BCUT2D eigenvalue weighted by Gasteiger charge is -2.39. The van der Waals surface area contributed by atoms with Crippen LogP contribution in [0, 0.1) is 13.8 Å². The van der Waals surface area contributed by atoms with Gasteiger partial charge in [-0.15, -0.1) is 0 Å². The molecule has 0 aromatic heterocycles. The first-order chi connectivity index (χ1) is 16.3. The molecular formula is C26H34BrN3O3S. The summed E-state index contributed by atoms with van der Waals surface area (Å²) < 4.78 is 29.5. The van der Waals surface area contributed by atoms with Crippen LogP contribution in [-0.2, 0) is 14.8 Å². The van der Waals surface area contributed by atoms with Crippen LogP contribution in [0.1, 0.15) is 43.2 Å². The highest BCUT2D eigenvalue weighted by atomic mass is 79.9. The Morgan fingerprint density at radius 2 is 1.62 bits per heavy atom. The zero-order chi connectivity index (χ0) is 24.3. The minimum absolute atomic E-state index is 0.0907. The van der Waals surface area contributed by atoms with E-state index in [9.17, 15) is 13.2 Å². The molecule has 2 aliphatic rings. The SMILES string of the molecule is Cc1cccc(N2CCN(C(=O)CN(C3CCCCC3)S(=O)(=O)c3ccc(Br)cc3)CC2)c1C. The summed E-state index contributed by atoms with van der Waals surface area (Å²) in [5.41, 5.74) is 3.75. The van der Waals surface area contributed by atoms with Crippen molar-refractivity contribution in [1.82, 2.24) is 9.21 Å². The average molecular weight is 549 g/mol. The fourth-order valence-corrected chi connectivity index (χ4v) is 6.93. The van der Waals surface area contributed by atoms with Gasteiger partial charge in [-0.2, -0.15) is 4.31 Å². The maximum atomic E-state index is 13.6. The second-order valence-corrected chi connectivity index (χ2v) is 12.2. The first kappa shape index (κ1) is 25.2. The third-order valence-corrected chi connectivity index (χ3v) is 9.68. The third kappa shape index (κ3) is 5.50. The number of hydrogen-bond donors (Lipinski definition) is 0. The molecule has 1 aliphatic heterocycles. The maximum absolute atomic E-state index is 13.6. The molecule has 4 rings (SSSR count). The molecule has 1 amide bonds. The van der Waals surface area contributed by atoms with Crippen molar-refractivity contribution in [2.24, 2.45) is 0 Å². The number of piperazine rings is 1. The molecule has 0 bridgehead atoms. The molecule has 184 valence electrons. The van der Waals surface area contributed by atoms with E-state index in [1.165, 1.54) is 21.1 Å². The van der Waals surface area contributed by atoms with Gasteiger partial charge < -0.3 is 9.80 Å². The first-order valence-electron chi connectivity index (χ1n) is 12.1. The van der Waals surface area contributed by atoms with E-state index in [1.807, 2.05) is 4.90 Å². The molecule has 1 aliphatic carbocycles. The predicted molar refractivity (Wildman–Crippen MR) is 140 cm³/mol. The van der Waals surface area contributed by atoms with E-state index in [1.54, 1.807) is 24.3 Å². The average Bonchev–Trinajstić information content (AvgIpc) is 2.85. The lowest BCUT2D eigenvalue weighted by atomic mass is 9.95. The molecule has 0 atom stereocenters. The van der Waals surface area contributed by atoms with E-state index < -0.39 is 10.0 Å². The van der Waals surface area contributed by atoms with Gasteiger partial charge in [-0.3, -0.25) is 4.79 Å². The minimum atomic E-state index is -3.76. The van der Waals surface area contributed by atoms with E-state index in [0.29, 0.717) is 13.1 Å². The molecule has 0 radical (unpaired) electrons. The van der Waals surface area contributed by atoms with Crippen LogP contribution in [0.3, 0.4) is 0 Å². The zero-order valence-electron chi connectivity index (χ0n) is 20.0. The number of sulfonamides is 1. The Balaban J connectivity index is 1.48. The summed E-state index contributed by atoms with van der Waals surface area (Å²) in [4.78, 5) is 17.7. The number of hydrogen-bond acceptors (Lipinski definition) is 4. The molecule has 2 aromatic carbocycles. The van der Waals surface area contributed by atoms with E-state index in [0.717, 1.165) is 49.7 Å². The van der Waals surface area contributed by atoms with Crippen LogP contribution in [0.4, 0.5) is 5.69 Å². The molecule has 0 unspecified atom stereocenters. The summed E-state index contributed by atoms with van der Waals surface area (Å²) in [6.45, 7) is 6.86. The molecule has 0 N–H and O–H groups in total. The Kier molecular flexibility index (Phi) is 8.00. The van der Waals surface area contributed by atoms with Gasteiger partial charge >= 0.3 is 0 Å². The summed E-state index contributed by atoms with van der Waals surface area (Å²) >= 11 is 3.37. The van der Waals surface area contributed by atoms with Crippen LogP contribution >= 0.6 is 15.9 Å². The molecule has 2 aromatic rings. The molecule has 2 fully saturated rings. The molecule has 8 heteroatoms. The quantitative estimate of drug-likeness (QED) is 0.524. The molecule has 1 saturated heterocycles. The molecule has 1 heterocycles. The van der Waals surface area contributed by atoms with E-state index in [4.69, 9.17) is 0 Å². The lowest BCUT2D eigenvalue weighted by molar-refractivity contribution is -0.132. The van der Waals surface area contributed by atoms with E-state index >= 15 is 0 Å². The topological polar surface area (TPSA) is 60.9 Å². The molecule has 1 saturated carbocycles. The van der Waals surface area contributed by atoms with Crippen molar-refractivity contribution >= 4 is 37.5 Å². The van der Waals surface area contributed by atoms with Crippen LogP contribution in [0.15, 0.2) is 51.8 Å². The number of benzene rings is 2. The Morgan fingerprint density at radius 1 is 0.971 bits per heavy atom. The van der Waals surface area contributed by atoms with Crippen LogP contribution in [0.5, 0.6) is 0 Å². The highest BCUT2D eigenvalue weighted by Crippen LogP contribution is 2.29. The van der Waals surface area contributed by atoms with Crippen molar-refractivity contribution in [2.75, 3.05) is 37.6 Å². The maximum Gasteiger partial charge on any atom is 0.243 e. The lowest BCUT2D eigenvalue weighted by Crippen LogP contribution is -2.53. The Labute approximate surface area is 212 Å². The van der Waals surface area contributed by atoms with Gasteiger partial charge in [-0.05, 0) is 68.1 Å². The normalized spacial score (nSPS) is 17.9. The fourth-order valence-electron chi connectivity index (χ4n) is 5.03. The summed E-state index contributed by atoms with van der Waals surface area (Å²) in [5, 5.41) is 0. The van der Waals surface area contributed by atoms with E-state index in [-0.39, 0.29) is 23.4 Å². The minimum Gasteiger partial charge on any atom is -0.368 e. The van der Waals surface area contributed by atoms with Gasteiger partial charge in [-0.25, -0.2) is 8.42 Å². The number of carbonyl (C=O) groups is 1. The third-order valence-electron chi connectivity index (χ3n) is 7.24. The van der Waals surface area contributed by atoms with Gasteiger partial charge in [0.05, 0.1) is 11.4 Å². The molecule has 6 nitrogen and oxygen atoms in total. The first-order valence-corrected chi connectivity index (χ1v) is 14.4. The Morgan fingerprint density at radius 3 is 2.26 bits per heavy atom. The van der Waals surface area contributed by atoms with Crippen molar-refractivity contribution in [3.8, 4) is 0 Å². The Hall–Kier alpha value is -1.90. The fraction of sp³-hybridized carbons (Fsp3) is 0.500. The second-order valence-electron chi connectivity index (χ2n) is 9.38. The monoisotopic (exact) mass is 547 g/mol. The van der Waals surface area contributed by atoms with Crippen molar-refractivity contribution in [3.63, 3.8) is 0 Å². The van der Waals surface area contributed by atoms with Crippen LogP contribution in [0.2, 0.25) is 0 Å². The van der Waals surface area contributed by atoms with Crippen molar-refractivity contribution in [3.05, 3.63) is 58.1 Å². The van der Waals surface area contributed by atoms with Gasteiger partial charge in [0.1, 0.15) is 0 Å². The van der Waals surface area contributed by atoms with Crippen molar-refractivity contribution < 1.29 is 13.2 Å². The predicted octanol–water partition coefficient (Wildman–Crippen LogP) is 4.74. The van der Waals surface area contributed by atoms with Crippen molar-refractivity contribution in [1.29, 1.82) is 0 Å². The standard InChI is InChI=1S/C26H34BrN3O3S/c1-20-7-6-10-25(21(20)2)28-15-17-29(18-16-28)26(31)19-30(23-8-4-3-5-9-23)34(32,33)24-13-11-22(27)12-14-24/h6-7,10-14,23H,3-5,8-9,15-19H2,1-2H3. The van der Waals surface area contributed by atoms with Gasteiger partial charge in [0, 0.05) is 42.4 Å². The Bertz CT molecular complexity index is 1110. The number of nitrogens with zero attached hydrogens (tertiary/aromatic N) is 3. The molecular weight excluding hydrogens is 514 g/mol. The summed E-state index contributed by atoms with van der Waals surface area (Å²) in [6.07, 6.45) is 4.74. The number of halogens is 1. The van der Waals surface area contributed by atoms with Gasteiger partial charge in [0.15, 0.2) is 0 Å². The summed E-state index contributed by atoms with van der Waals surface area (Å²) in [5.74, 6) is -0.105. The van der Waals surface area contributed by atoms with Gasteiger partial charge in [0.25, 0.3) is 0 Å². The summed E-state index contributed by atoms with van der Waals surface area (Å²) in [6, 6.07) is 12.9. The van der Waals surface area contributed by atoms with Crippen LogP contribution < -0.4 is 4.90 Å². The number of carbonyl (C=O) groups excluding carboxylic acids is 1.